The number of pyridine rings is 1. The third-order valence-corrected chi connectivity index (χ3v) is 3.27. The first-order valence-electron chi connectivity index (χ1n) is 6.57. The van der Waals surface area contributed by atoms with E-state index in [9.17, 15) is 4.79 Å². The number of carbonyl (C=O) groups is 1. The van der Waals surface area contributed by atoms with Crippen LogP contribution in [0.15, 0.2) is 53.2 Å². The Labute approximate surface area is 122 Å². The molecule has 0 atom stereocenters. The van der Waals surface area contributed by atoms with Gasteiger partial charge in [0.05, 0.1) is 5.69 Å². The molecular weight excluding hydrogens is 266 g/mol. The van der Waals surface area contributed by atoms with E-state index in [0.29, 0.717) is 17.8 Å². The summed E-state index contributed by atoms with van der Waals surface area (Å²) in [6.45, 7) is 0.471. The number of nitrogens with two attached hydrogens (primary N) is 1. The molecule has 1 aromatic carbocycles. The van der Waals surface area contributed by atoms with Crippen LogP contribution in [0.25, 0.3) is 11.0 Å². The van der Waals surface area contributed by atoms with Crippen LogP contribution in [0.4, 0.5) is 5.69 Å². The average molecular weight is 281 g/mol. The maximum Gasteiger partial charge on any atom is 0.289 e. The van der Waals surface area contributed by atoms with Gasteiger partial charge in [-0.3, -0.25) is 9.78 Å². The molecule has 1 amide bonds. The Morgan fingerprint density at radius 1 is 1.33 bits per heavy atom. The van der Waals surface area contributed by atoms with Crippen LogP contribution < -0.4 is 5.73 Å². The van der Waals surface area contributed by atoms with E-state index in [1.807, 2.05) is 24.3 Å². The predicted molar refractivity (Wildman–Crippen MR) is 80.7 cm³/mol. The monoisotopic (exact) mass is 281 g/mol. The van der Waals surface area contributed by atoms with Crippen LogP contribution in [-0.2, 0) is 6.54 Å². The van der Waals surface area contributed by atoms with Gasteiger partial charge in [0.1, 0.15) is 0 Å². The van der Waals surface area contributed by atoms with E-state index >= 15 is 0 Å². The summed E-state index contributed by atoms with van der Waals surface area (Å²) in [7, 11) is 1.73. The summed E-state index contributed by atoms with van der Waals surface area (Å²) in [5.74, 6) is 0.101. The molecule has 0 aliphatic carbocycles. The molecule has 106 valence electrons. The summed E-state index contributed by atoms with van der Waals surface area (Å²) in [5, 5.41) is 0.827. The summed E-state index contributed by atoms with van der Waals surface area (Å²) >= 11 is 0. The number of hydrogen-bond acceptors (Lipinski definition) is 4. The normalized spacial score (nSPS) is 10.7. The van der Waals surface area contributed by atoms with E-state index in [4.69, 9.17) is 10.2 Å². The van der Waals surface area contributed by atoms with Crippen molar-refractivity contribution in [2.45, 2.75) is 6.54 Å². The molecule has 0 saturated heterocycles. The Bertz CT molecular complexity index is 781. The summed E-state index contributed by atoms with van der Waals surface area (Å²) in [5.41, 5.74) is 7.89. The molecule has 0 saturated carbocycles. The first-order chi connectivity index (χ1) is 10.1. The van der Waals surface area contributed by atoms with E-state index in [-0.39, 0.29) is 11.7 Å². The van der Waals surface area contributed by atoms with E-state index < -0.39 is 0 Å². The number of para-hydroxylation sites is 1. The lowest BCUT2D eigenvalue weighted by Crippen LogP contribution is -2.25. The van der Waals surface area contributed by atoms with E-state index in [1.165, 1.54) is 0 Å². The fourth-order valence-electron chi connectivity index (χ4n) is 2.22. The number of carbonyl (C=O) groups excluding carboxylic acids is 1. The second-order valence-corrected chi connectivity index (χ2v) is 4.90. The predicted octanol–water partition coefficient (Wildman–Crippen LogP) is 2.68. The summed E-state index contributed by atoms with van der Waals surface area (Å²) in [6, 6.07) is 10.9. The van der Waals surface area contributed by atoms with Crippen LogP contribution in [0.1, 0.15) is 16.1 Å². The van der Waals surface area contributed by atoms with Gasteiger partial charge >= 0.3 is 0 Å². The quantitative estimate of drug-likeness (QED) is 0.749. The maximum atomic E-state index is 12.4. The molecule has 0 spiro atoms. The maximum absolute atomic E-state index is 12.4. The van der Waals surface area contributed by atoms with E-state index in [1.54, 1.807) is 36.5 Å². The molecule has 0 aliphatic heterocycles. The number of fused-ring (bicyclic) bond motifs is 1. The van der Waals surface area contributed by atoms with Crippen molar-refractivity contribution in [3.63, 3.8) is 0 Å². The molecule has 21 heavy (non-hydrogen) atoms. The summed E-state index contributed by atoms with van der Waals surface area (Å²) < 4.78 is 5.59. The van der Waals surface area contributed by atoms with Gasteiger partial charge in [0.15, 0.2) is 11.3 Å². The molecule has 5 heteroatoms. The van der Waals surface area contributed by atoms with Crippen molar-refractivity contribution in [1.29, 1.82) is 0 Å². The van der Waals surface area contributed by atoms with Gasteiger partial charge in [0.2, 0.25) is 0 Å². The molecule has 0 fully saturated rings. The minimum atomic E-state index is -0.186. The number of hydrogen-bond donors (Lipinski definition) is 1. The molecule has 3 aromatic rings. The fourth-order valence-corrected chi connectivity index (χ4v) is 2.22. The summed E-state index contributed by atoms with van der Waals surface area (Å²) in [6.07, 6.45) is 3.44. The first kappa shape index (κ1) is 13.2. The van der Waals surface area contributed by atoms with Crippen LogP contribution in [-0.4, -0.2) is 22.8 Å². The van der Waals surface area contributed by atoms with Crippen molar-refractivity contribution in [2.24, 2.45) is 0 Å². The number of anilines is 1. The Balaban J connectivity index is 1.84. The third-order valence-electron chi connectivity index (χ3n) is 3.27. The molecular formula is C16H15N3O2. The van der Waals surface area contributed by atoms with Crippen molar-refractivity contribution >= 4 is 22.6 Å². The van der Waals surface area contributed by atoms with Crippen LogP contribution in [0.5, 0.6) is 0 Å². The van der Waals surface area contributed by atoms with Gasteiger partial charge in [-0.05, 0) is 23.8 Å². The Morgan fingerprint density at radius 2 is 2.19 bits per heavy atom. The zero-order valence-corrected chi connectivity index (χ0v) is 11.6. The lowest BCUT2D eigenvalue weighted by atomic mass is 10.2. The minimum absolute atomic E-state index is 0.186. The average Bonchev–Trinajstić information content (AvgIpc) is 2.93. The Morgan fingerprint density at radius 3 is 2.90 bits per heavy atom. The zero-order valence-electron chi connectivity index (χ0n) is 11.6. The molecule has 2 N–H and O–H groups in total. The first-order valence-corrected chi connectivity index (χ1v) is 6.57. The van der Waals surface area contributed by atoms with E-state index in [2.05, 4.69) is 4.98 Å². The van der Waals surface area contributed by atoms with Gasteiger partial charge in [-0.2, -0.15) is 0 Å². The number of aromatic nitrogens is 1. The topological polar surface area (TPSA) is 72.4 Å². The number of nitrogen functional groups attached to an aromatic ring is 1. The second kappa shape index (κ2) is 5.28. The van der Waals surface area contributed by atoms with Crippen LogP contribution in [0, 0.1) is 0 Å². The number of furan rings is 1. The van der Waals surface area contributed by atoms with Gasteiger partial charge in [-0.15, -0.1) is 0 Å². The lowest BCUT2D eigenvalue weighted by molar-refractivity contribution is 0.0756. The minimum Gasteiger partial charge on any atom is -0.449 e. The highest BCUT2D eigenvalue weighted by Gasteiger charge is 2.17. The molecule has 2 heterocycles. The molecule has 0 radical (unpaired) electrons. The van der Waals surface area contributed by atoms with Gasteiger partial charge < -0.3 is 15.1 Å². The molecule has 5 nitrogen and oxygen atoms in total. The highest BCUT2D eigenvalue weighted by Crippen LogP contribution is 2.25. The standard InChI is InChI=1S/C16H15N3O2/c1-19(10-11-4-3-7-18-9-11)16(20)14-8-12-5-2-6-13(17)15(12)21-14/h2-9H,10,17H2,1H3. The number of benzene rings is 1. The number of rotatable bonds is 3. The number of amides is 1. The molecule has 2 aromatic heterocycles. The van der Waals surface area contributed by atoms with Gasteiger partial charge in [0, 0.05) is 31.4 Å². The molecule has 0 unspecified atom stereocenters. The Hall–Kier alpha value is -2.82. The highest BCUT2D eigenvalue weighted by atomic mass is 16.3. The van der Waals surface area contributed by atoms with Crippen molar-refractivity contribution in [2.75, 3.05) is 12.8 Å². The third kappa shape index (κ3) is 2.58. The largest absolute Gasteiger partial charge is 0.449 e. The molecule has 0 bridgehead atoms. The van der Waals surface area contributed by atoms with Gasteiger partial charge in [-0.25, -0.2) is 0 Å². The Kier molecular flexibility index (Phi) is 3.31. The SMILES string of the molecule is CN(Cc1cccnc1)C(=O)c1cc2cccc(N)c2o1. The van der Waals surface area contributed by atoms with Crippen molar-refractivity contribution < 1.29 is 9.21 Å². The molecule has 3 rings (SSSR count). The van der Waals surface area contributed by atoms with Crippen molar-refractivity contribution in [3.8, 4) is 0 Å². The molecule has 0 aliphatic rings. The number of nitrogens with zero attached hydrogens (tertiary/aromatic N) is 2. The zero-order chi connectivity index (χ0) is 14.8. The van der Waals surface area contributed by atoms with Crippen LogP contribution in [0.2, 0.25) is 0 Å². The van der Waals surface area contributed by atoms with Crippen LogP contribution in [0.3, 0.4) is 0 Å². The lowest BCUT2D eigenvalue weighted by Gasteiger charge is -2.15. The van der Waals surface area contributed by atoms with Crippen molar-refractivity contribution in [3.05, 3.63) is 60.1 Å². The smallest absolute Gasteiger partial charge is 0.289 e. The second-order valence-electron chi connectivity index (χ2n) is 4.90. The van der Waals surface area contributed by atoms with E-state index in [0.717, 1.165) is 10.9 Å². The van der Waals surface area contributed by atoms with Crippen molar-refractivity contribution in [1.82, 2.24) is 9.88 Å². The van der Waals surface area contributed by atoms with Gasteiger partial charge in [-0.1, -0.05) is 18.2 Å². The fraction of sp³-hybridized carbons (Fsp3) is 0.125. The summed E-state index contributed by atoms with van der Waals surface area (Å²) in [4.78, 5) is 18.0. The highest BCUT2D eigenvalue weighted by molar-refractivity contribution is 5.98. The van der Waals surface area contributed by atoms with Gasteiger partial charge in [0.25, 0.3) is 5.91 Å². The van der Waals surface area contributed by atoms with Crippen LogP contribution >= 0.6 is 0 Å².